The Hall–Kier alpha value is -4.50. The summed E-state index contributed by atoms with van der Waals surface area (Å²) in [6, 6.07) is 27.2. The minimum absolute atomic E-state index is 0.0204. The van der Waals surface area contributed by atoms with E-state index in [9.17, 15) is 18.0 Å². The number of anilines is 1. The van der Waals surface area contributed by atoms with Gasteiger partial charge in [0.25, 0.3) is 10.0 Å². The van der Waals surface area contributed by atoms with Crippen LogP contribution in [0.1, 0.15) is 42.5 Å². The number of rotatable bonds is 13. The summed E-state index contributed by atoms with van der Waals surface area (Å²) in [6.07, 6.45) is 0.819. The van der Waals surface area contributed by atoms with E-state index in [2.05, 4.69) is 5.32 Å². The molecular weight excluding hydrogens is 589 g/mol. The quantitative estimate of drug-likeness (QED) is 0.191. The fourth-order valence-corrected chi connectivity index (χ4v) is 6.36. The number of sulfonamides is 1. The first kappa shape index (κ1) is 33.4. The number of amides is 2. The molecule has 0 aliphatic heterocycles. The second-order valence-corrected chi connectivity index (χ2v) is 13.1. The average Bonchev–Trinajstić information content (AvgIpc) is 3.04. The molecule has 0 unspecified atom stereocenters. The lowest BCUT2D eigenvalue weighted by Crippen LogP contribution is -2.54. The highest BCUT2D eigenvalue weighted by atomic mass is 32.2. The number of benzene rings is 4. The zero-order valence-corrected chi connectivity index (χ0v) is 26.9. The fourth-order valence-electron chi connectivity index (χ4n) is 4.93. The van der Waals surface area contributed by atoms with E-state index in [1.165, 1.54) is 23.1 Å². The van der Waals surface area contributed by atoms with Crippen LogP contribution in [0.5, 0.6) is 0 Å². The van der Waals surface area contributed by atoms with Gasteiger partial charge in [-0.1, -0.05) is 79.7 Å². The summed E-state index contributed by atoms with van der Waals surface area (Å²) in [5.74, 6) is -1.57. The van der Waals surface area contributed by atoms with Crippen molar-refractivity contribution >= 4 is 27.5 Å². The first-order valence-corrected chi connectivity index (χ1v) is 16.5. The summed E-state index contributed by atoms with van der Waals surface area (Å²) < 4.78 is 44.3. The molecule has 2 atom stereocenters. The molecule has 4 aromatic rings. The van der Waals surface area contributed by atoms with E-state index in [4.69, 9.17) is 0 Å². The largest absolute Gasteiger partial charge is 0.352 e. The van der Waals surface area contributed by atoms with Crippen LogP contribution in [0, 0.1) is 19.7 Å². The molecule has 4 aromatic carbocycles. The monoisotopic (exact) mass is 629 g/mol. The number of hydrogen-bond acceptors (Lipinski definition) is 4. The lowest BCUT2D eigenvalue weighted by molar-refractivity contribution is -0.140. The average molecular weight is 630 g/mol. The van der Waals surface area contributed by atoms with Crippen LogP contribution in [0.3, 0.4) is 0 Å². The van der Waals surface area contributed by atoms with Crippen molar-refractivity contribution in [2.75, 3.05) is 10.8 Å². The maximum absolute atomic E-state index is 15.0. The molecule has 0 fully saturated rings. The maximum atomic E-state index is 15.0. The van der Waals surface area contributed by atoms with Crippen molar-refractivity contribution in [2.24, 2.45) is 0 Å². The SMILES string of the molecule is CC[C@H](C)NC(=O)[C@H](Cc1ccccc1)N(Cc1ccccc1F)C(=O)CN(c1ccc(C)c(C)c1)S(=O)(=O)c1ccccc1. The molecule has 2 amide bonds. The lowest BCUT2D eigenvalue weighted by Gasteiger charge is -2.34. The summed E-state index contributed by atoms with van der Waals surface area (Å²) in [5.41, 5.74) is 3.14. The fraction of sp³-hybridized carbons (Fsp3) is 0.278. The molecule has 0 bridgehead atoms. The standard InChI is InChI=1S/C36H40FN3O4S/c1-5-28(4)38-36(42)34(23-29-14-8-6-9-15-29)39(24-30-16-12-13-19-33(30)37)35(41)25-40(31-21-20-26(2)27(3)22-31)45(43,44)32-17-10-7-11-18-32/h6-22,28,34H,5,23-25H2,1-4H3,(H,38,42)/t28-,34-/m0/s1. The topological polar surface area (TPSA) is 86.8 Å². The van der Waals surface area contributed by atoms with Crippen LogP contribution in [0.25, 0.3) is 0 Å². The van der Waals surface area contributed by atoms with E-state index in [-0.39, 0.29) is 29.5 Å². The lowest BCUT2D eigenvalue weighted by atomic mass is 10.0. The molecule has 4 rings (SSSR count). The van der Waals surface area contributed by atoms with Crippen molar-refractivity contribution < 1.29 is 22.4 Å². The van der Waals surface area contributed by atoms with Gasteiger partial charge in [-0.3, -0.25) is 13.9 Å². The van der Waals surface area contributed by atoms with Crippen LogP contribution in [-0.2, 0) is 32.6 Å². The van der Waals surface area contributed by atoms with Crippen molar-refractivity contribution in [2.45, 2.75) is 64.1 Å². The van der Waals surface area contributed by atoms with Gasteiger partial charge >= 0.3 is 0 Å². The smallest absolute Gasteiger partial charge is 0.264 e. The van der Waals surface area contributed by atoms with Gasteiger partial charge in [0, 0.05) is 24.6 Å². The molecule has 1 N–H and O–H groups in total. The van der Waals surface area contributed by atoms with E-state index in [0.29, 0.717) is 12.1 Å². The highest BCUT2D eigenvalue weighted by molar-refractivity contribution is 7.92. The van der Waals surface area contributed by atoms with Crippen LogP contribution in [-0.4, -0.2) is 43.8 Å². The predicted molar refractivity (Wildman–Crippen MR) is 176 cm³/mol. The number of hydrogen-bond donors (Lipinski definition) is 1. The number of carbonyl (C=O) groups excluding carboxylic acids is 2. The van der Waals surface area contributed by atoms with E-state index in [1.54, 1.807) is 54.6 Å². The molecular formula is C36H40FN3O4S. The highest BCUT2D eigenvalue weighted by Gasteiger charge is 2.35. The first-order chi connectivity index (χ1) is 21.5. The van der Waals surface area contributed by atoms with Crippen molar-refractivity contribution in [1.29, 1.82) is 0 Å². The summed E-state index contributed by atoms with van der Waals surface area (Å²) in [6.45, 7) is 6.76. The van der Waals surface area contributed by atoms with E-state index >= 15 is 4.39 Å². The summed E-state index contributed by atoms with van der Waals surface area (Å²) in [4.78, 5) is 29.7. The normalized spacial score (nSPS) is 12.6. The second kappa shape index (κ2) is 15.0. The van der Waals surface area contributed by atoms with Gasteiger partial charge in [0.05, 0.1) is 10.6 Å². The molecule has 0 spiro atoms. The van der Waals surface area contributed by atoms with Crippen LogP contribution in [0.2, 0.25) is 0 Å². The van der Waals surface area contributed by atoms with Gasteiger partial charge < -0.3 is 10.2 Å². The van der Waals surface area contributed by atoms with Crippen molar-refractivity contribution in [3.05, 3.63) is 131 Å². The summed E-state index contributed by atoms with van der Waals surface area (Å²) in [5, 5.41) is 2.98. The Balaban J connectivity index is 1.83. The Bertz CT molecular complexity index is 1720. The zero-order valence-electron chi connectivity index (χ0n) is 26.1. The third kappa shape index (κ3) is 8.36. The Kier molecular flexibility index (Phi) is 11.1. The molecule has 45 heavy (non-hydrogen) atoms. The first-order valence-electron chi connectivity index (χ1n) is 15.0. The van der Waals surface area contributed by atoms with Gasteiger partial charge in [0.15, 0.2) is 0 Å². The predicted octanol–water partition coefficient (Wildman–Crippen LogP) is 6.19. The van der Waals surface area contributed by atoms with Gasteiger partial charge in [0.1, 0.15) is 18.4 Å². The minimum Gasteiger partial charge on any atom is -0.352 e. The molecule has 0 aliphatic rings. The van der Waals surface area contributed by atoms with Gasteiger partial charge in [0.2, 0.25) is 11.8 Å². The minimum atomic E-state index is -4.21. The third-order valence-electron chi connectivity index (χ3n) is 7.96. The number of carbonyl (C=O) groups is 2. The molecule has 0 radical (unpaired) electrons. The Morgan fingerprint density at radius 3 is 2.09 bits per heavy atom. The number of aryl methyl sites for hydroxylation is 2. The molecule has 7 nitrogen and oxygen atoms in total. The van der Waals surface area contributed by atoms with Gasteiger partial charge in [-0.05, 0) is 74.2 Å². The van der Waals surface area contributed by atoms with E-state index in [1.807, 2.05) is 58.0 Å². The van der Waals surface area contributed by atoms with Gasteiger partial charge in [-0.2, -0.15) is 0 Å². The summed E-state index contributed by atoms with van der Waals surface area (Å²) >= 11 is 0. The Morgan fingerprint density at radius 1 is 0.844 bits per heavy atom. The Labute approximate surface area is 265 Å². The molecule has 0 saturated heterocycles. The van der Waals surface area contributed by atoms with Crippen LogP contribution < -0.4 is 9.62 Å². The molecule has 0 saturated carbocycles. The van der Waals surface area contributed by atoms with Crippen molar-refractivity contribution in [3.63, 3.8) is 0 Å². The maximum Gasteiger partial charge on any atom is 0.264 e. The van der Waals surface area contributed by atoms with Crippen LogP contribution in [0.4, 0.5) is 10.1 Å². The second-order valence-electron chi connectivity index (χ2n) is 11.2. The zero-order chi connectivity index (χ0) is 32.6. The third-order valence-corrected chi connectivity index (χ3v) is 9.75. The molecule has 0 aliphatic carbocycles. The number of halogens is 1. The van der Waals surface area contributed by atoms with Gasteiger partial charge in [-0.15, -0.1) is 0 Å². The van der Waals surface area contributed by atoms with E-state index in [0.717, 1.165) is 21.0 Å². The molecule has 0 aromatic heterocycles. The van der Waals surface area contributed by atoms with Crippen molar-refractivity contribution in [3.8, 4) is 0 Å². The van der Waals surface area contributed by atoms with Gasteiger partial charge in [-0.25, -0.2) is 12.8 Å². The van der Waals surface area contributed by atoms with Crippen LogP contribution >= 0.6 is 0 Å². The molecule has 9 heteroatoms. The number of nitrogens with zero attached hydrogens (tertiary/aromatic N) is 2. The molecule has 236 valence electrons. The van der Waals surface area contributed by atoms with Crippen LogP contribution in [0.15, 0.2) is 108 Å². The number of nitrogens with one attached hydrogen (secondary N) is 1. The Morgan fingerprint density at radius 2 is 1.47 bits per heavy atom. The van der Waals surface area contributed by atoms with E-state index < -0.39 is 40.2 Å². The molecule has 0 heterocycles. The highest BCUT2D eigenvalue weighted by Crippen LogP contribution is 2.27. The summed E-state index contributed by atoms with van der Waals surface area (Å²) in [7, 11) is -4.21. The van der Waals surface area contributed by atoms with Crippen molar-refractivity contribution in [1.82, 2.24) is 10.2 Å².